The van der Waals surface area contributed by atoms with Crippen molar-refractivity contribution >= 4 is 33.3 Å². The second-order valence-electron chi connectivity index (χ2n) is 3.26. The molecule has 0 unspecified atom stereocenters. The molecule has 0 saturated carbocycles. The molecule has 6 nitrogen and oxygen atoms in total. The van der Waals surface area contributed by atoms with Crippen molar-refractivity contribution in [3.8, 4) is 0 Å². The van der Waals surface area contributed by atoms with Crippen LogP contribution in [0.5, 0.6) is 0 Å². The van der Waals surface area contributed by atoms with Crippen molar-refractivity contribution in [2.24, 2.45) is 0 Å². The number of hydrogen-bond acceptors (Lipinski definition) is 6. The number of carbonyl (C=O) groups excluding carboxylic acids is 1. The summed E-state index contributed by atoms with van der Waals surface area (Å²) >= 11 is 3.24. The molecule has 2 N–H and O–H groups in total. The highest BCUT2D eigenvalue weighted by Gasteiger charge is 2.24. The molecule has 0 amide bonds. The maximum Gasteiger partial charge on any atom is 0.193 e. The number of anilines is 2. The maximum absolute atomic E-state index is 11.2. The highest BCUT2D eigenvalue weighted by atomic mass is 79.9. The van der Waals surface area contributed by atoms with E-state index in [2.05, 4.69) is 36.9 Å². The predicted molar refractivity (Wildman–Crippen MR) is 63.6 cm³/mol. The van der Waals surface area contributed by atoms with Gasteiger partial charge in [-0.3, -0.25) is 10.2 Å². The van der Waals surface area contributed by atoms with Gasteiger partial charge in [0.2, 0.25) is 0 Å². The standard InChI is InChI=1S/C9H10BrN5O/c1-5(7(10)6(2)16)15-9-8(13-14-15)11-3-4-12-9/h3-4,14H,1-2H3,(H,11,13)/b7-5+. The molecular formula is C9H10BrN5O. The number of aromatic nitrogens is 2. The maximum atomic E-state index is 11.2. The smallest absolute Gasteiger partial charge is 0.193 e. The van der Waals surface area contributed by atoms with Crippen molar-refractivity contribution in [2.75, 3.05) is 10.4 Å². The zero-order valence-electron chi connectivity index (χ0n) is 8.78. The molecule has 0 atom stereocenters. The Morgan fingerprint density at radius 2 is 2.06 bits per heavy atom. The minimum absolute atomic E-state index is 0.0448. The minimum Gasteiger partial charge on any atom is -0.294 e. The van der Waals surface area contributed by atoms with E-state index in [-0.39, 0.29) is 5.78 Å². The van der Waals surface area contributed by atoms with Crippen molar-refractivity contribution in [3.63, 3.8) is 0 Å². The van der Waals surface area contributed by atoms with Gasteiger partial charge in [0.25, 0.3) is 0 Å². The van der Waals surface area contributed by atoms with E-state index in [1.54, 1.807) is 17.4 Å². The van der Waals surface area contributed by atoms with Gasteiger partial charge in [-0.1, -0.05) is 0 Å². The van der Waals surface area contributed by atoms with Crippen LogP contribution in [-0.4, -0.2) is 15.8 Å². The molecule has 2 rings (SSSR count). The van der Waals surface area contributed by atoms with Crippen LogP contribution in [0, 0.1) is 0 Å². The summed E-state index contributed by atoms with van der Waals surface area (Å²) in [6.07, 6.45) is 3.19. The number of hydrazine groups is 2. The summed E-state index contributed by atoms with van der Waals surface area (Å²) < 4.78 is 0.500. The van der Waals surface area contributed by atoms with Crippen LogP contribution >= 0.6 is 15.9 Å². The third-order valence-corrected chi connectivity index (χ3v) is 3.27. The van der Waals surface area contributed by atoms with Crippen LogP contribution in [0.3, 0.4) is 0 Å². The molecule has 0 aliphatic carbocycles. The third kappa shape index (κ3) is 1.79. The number of carbonyl (C=O) groups is 1. The van der Waals surface area contributed by atoms with E-state index < -0.39 is 0 Å². The van der Waals surface area contributed by atoms with Gasteiger partial charge < -0.3 is 0 Å². The van der Waals surface area contributed by atoms with E-state index in [4.69, 9.17) is 0 Å². The fourth-order valence-corrected chi connectivity index (χ4v) is 1.52. The molecule has 0 aromatic carbocycles. The van der Waals surface area contributed by atoms with Crippen LogP contribution in [0.25, 0.3) is 0 Å². The van der Waals surface area contributed by atoms with Crippen LogP contribution in [0.15, 0.2) is 22.6 Å². The Kier molecular flexibility index (Phi) is 2.88. The SMILES string of the molecule is CC(=O)/C(Br)=C(/C)N1NNc2nccnc21. The lowest BCUT2D eigenvalue weighted by atomic mass is 10.3. The highest BCUT2D eigenvalue weighted by molar-refractivity contribution is 9.12. The molecule has 16 heavy (non-hydrogen) atoms. The molecule has 7 heteroatoms. The number of allylic oxidation sites excluding steroid dienone is 2. The fourth-order valence-electron chi connectivity index (χ4n) is 1.34. The monoisotopic (exact) mass is 283 g/mol. The summed E-state index contributed by atoms with van der Waals surface area (Å²) in [5.41, 5.74) is 6.46. The van der Waals surface area contributed by atoms with E-state index in [0.29, 0.717) is 16.1 Å². The summed E-state index contributed by atoms with van der Waals surface area (Å²) in [5.74, 6) is 1.22. The molecule has 0 bridgehead atoms. The lowest BCUT2D eigenvalue weighted by Crippen LogP contribution is -2.35. The van der Waals surface area contributed by atoms with E-state index in [9.17, 15) is 4.79 Å². The predicted octanol–water partition coefficient (Wildman–Crippen LogP) is 1.34. The minimum atomic E-state index is -0.0448. The molecule has 0 saturated heterocycles. The van der Waals surface area contributed by atoms with Crippen LogP contribution in [0.1, 0.15) is 13.8 Å². The lowest BCUT2D eigenvalue weighted by molar-refractivity contribution is -0.112. The number of hydrogen-bond donors (Lipinski definition) is 2. The molecule has 1 aliphatic rings. The van der Waals surface area contributed by atoms with Crippen molar-refractivity contribution in [1.29, 1.82) is 0 Å². The topological polar surface area (TPSA) is 70.2 Å². The number of fused-ring (bicyclic) bond motifs is 1. The lowest BCUT2D eigenvalue weighted by Gasteiger charge is -2.17. The Bertz CT molecular complexity index is 473. The Morgan fingerprint density at radius 1 is 1.38 bits per heavy atom. The molecule has 2 heterocycles. The first kappa shape index (κ1) is 11.0. The van der Waals surface area contributed by atoms with Gasteiger partial charge >= 0.3 is 0 Å². The Labute approximate surface area is 101 Å². The van der Waals surface area contributed by atoms with E-state index in [1.165, 1.54) is 6.92 Å². The van der Waals surface area contributed by atoms with Gasteiger partial charge in [-0.05, 0) is 29.8 Å². The third-order valence-electron chi connectivity index (χ3n) is 2.14. The van der Waals surface area contributed by atoms with E-state index >= 15 is 0 Å². The summed E-state index contributed by atoms with van der Waals surface area (Å²) in [4.78, 5) is 19.5. The zero-order chi connectivity index (χ0) is 11.7. The Morgan fingerprint density at radius 3 is 2.75 bits per heavy atom. The molecule has 1 aliphatic heterocycles. The number of halogens is 1. The Balaban J connectivity index is 2.39. The van der Waals surface area contributed by atoms with Gasteiger partial charge in [0.15, 0.2) is 17.4 Å². The first-order valence-corrected chi connectivity index (χ1v) is 5.40. The van der Waals surface area contributed by atoms with Crippen LogP contribution < -0.4 is 16.0 Å². The summed E-state index contributed by atoms with van der Waals surface area (Å²) in [6, 6.07) is 0. The van der Waals surface area contributed by atoms with Crippen molar-refractivity contribution in [1.82, 2.24) is 15.5 Å². The average Bonchev–Trinajstić information content (AvgIpc) is 2.70. The second kappa shape index (κ2) is 4.18. The number of rotatable bonds is 2. The number of nitrogens with one attached hydrogen (secondary N) is 2. The quantitative estimate of drug-likeness (QED) is 0.799. The van der Waals surface area contributed by atoms with Gasteiger partial charge in [-0.25, -0.2) is 15.0 Å². The summed E-state index contributed by atoms with van der Waals surface area (Å²) in [7, 11) is 0. The van der Waals surface area contributed by atoms with Crippen molar-refractivity contribution < 1.29 is 4.79 Å². The Hall–Kier alpha value is -1.47. The van der Waals surface area contributed by atoms with Crippen molar-refractivity contribution in [3.05, 3.63) is 22.6 Å². The normalized spacial score (nSPS) is 15.3. The van der Waals surface area contributed by atoms with Gasteiger partial charge in [0.05, 0.1) is 10.2 Å². The fraction of sp³-hybridized carbons (Fsp3) is 0.222. The van der Waals surface area contributed by atoms with Crippen LogP contribution in [0.2, 0.25) is 0 Å². The number of nitrogens with zero attached hydrogens (tertiary/aromatic N) is 3. The largest absolute Gasteiger partial charge is 0.294 e. The number of Topliss-reactive ketones (excluding diaryl/α,β-unsaturated/α-hetero) is 1. The molecule has 0 spiro atoms. The summed E-state index contributed by atoms with van der Waals surface area (Å²) in [5, 5.41) is 1.66. The zero-order valence-corrected chi connectivity index (χ0v) is 10.4. The molecule has 1 aromatic rings. The highest BCUT2D eigenvalue weighted by Crippen LogP contribution is 2.28. The summed E-state index contributed by atoms with van der Waals surface area (Å²) in [6.45, 7) is 3.30. The molecule has 0 fully saturated rings. The van der Waals surface area contributed by atoms with Crippen LogP contribution in [0.4, 0.5) is 11.6 Å². The molecule has 0 radical (unpaired) electrons. The van der Waals surface area contributed by atoms with Gasteiger partial charge in [0, 0.05) is 12.4 Å². The van der Waals surface area contributed by atoms with E-state index in [1.807, 2.05) is 6.92 Å². The first-order valence-electron chi connectivity index (χ1n) is 4.61. The van der Waals surface area contributed by atoms with Gasteiger partial charge in [-0.2, -0.15) is 0 Å². The first-order chi connectivity index (χ1) is 7.61. The van der Waals surface area contributed by atoms with Gasteiger partial charge in [-0.15, -0.1) is 5.53 Å². The van der Waals surface area contributed by atoms with Crippen LogP contribution in [-0.2, 0) is 4.79 Å². The molecule has 84 valence electrons. The van der Waals surface area contributed by atoms with Gasteiger partial charge in [0.1, 0.15) is 0 Å². The second-order valence-corrected chi connectivity index (χ2v) is 4.05. The number of ketones is 1. The van der Waals surface area contributed by atoms with E-state index in [0.717, 1.165) is 5.70 Å². The molecule has 1 aromatic heterocycles. The van der Waals surface area contributed by atoms with Crippen molar-refractivity contribution in [2.45, 2.75) is 13.8 Å². The molecular weight excluding hydrogens is 274 g/mol. The average molecular weight is 284 g/mol.